The van der Waals surface area contributed by atoms with E-state index in [0.29, 0.717) is 12.2 Å². The lowest BCUT2D eigenvalue weighted by molar-refractivity contribution is 0.0594. The number of methoxy groups -OCH3 is 2. The summed E-state index contributed by atoms with van der Waals surface area (Å²) < 4.78 is 11.9. The van der Waals surface area contributed by atoms with E-state index < -0.39 is 5.97 Å². The molecular weight excluding hydrogens is 334 g/mol. The van der Waals surface area contributed by atoms with Gasteiger partial charge in [-0.1, -0.05) is 18.2 Å². The van der Waals surface area contributed by atoms with Gasteiger partial charge in [0.25, 0.3) is 0 Å². The van der Waals surface area contributed by atoms with Crippen LogP contribution >= 0.6 is 0 Å². The molecule has 0 aliphatic heterocycles. The molecule has 0 fully saturated rings. The molecule has 3 aromatic rings. The van der Waals surface area contributed by atoms with E-state index in [1.807, 2.05) is 41.0 Å². The van der Waals surface area contributed by atoms with Gasteiger partial charge in [-0.2, -0.15) is 0 Å². The van der Waals surface area contributed by atoms with Gasteiger partial charge in [0.05, 0.1) is 26.2 Å². The number of anilines is 1. The molecule has 0 saturated heterocycles. The average Bonchev–Trinajstić information content (AvgIpc) is 3.15. The Balaban J connectivity index is 1.92. The zero-order chi connectivity index (χ0) is 18.5. The zero-order valence-electron chi connectivity index (χ0n) is 14.5. The van der Waals surface area contributed by atoms with Crippen molar-refractivity contribution in [1.29, 1.82) is 0 Å². The summed E-state index contributed by atoms with van der Waals surface area (Å²) in [5, 5.41) is 9.12. The molecular formula is C19H19N3O4. The fourth-order valence-electron chi connectivity index (χ4n) is 2.70. The van der Waals surface area contributed by atoms with Crippen LogP contribution in [-0.2, 0) is 11.3 Å². The zero-order valence-corrected chi connectivity index (χ0v) is 14.5. The first-order chi connectivity index (χ1) is 12.6. The highest BCUT2D eigenvalue weighted by atomic mass is 16.5. The van der Waals surface area contributed by atoms with Crippen molar-refractivity contribution in [3.05, 3.63) is 66.2 Å². The molecule has 7 heteroatoms. The molecule has 1 heterocycles. The van der Waals surface area contributed by atoms with Crippen molar-refractivity contribution in [2.45, 2.75) is 6.54 Å². The quantitative estimate of drug-likeness (QED) is 0.523. The first-order valence-corrected chi connectivity index (χ1v) is 7.92. The van der Waals surface area contributed by atoms with E-state index in [1.165, 1.54) is 7.11 Å². The van der Waals surface area contributed by atoms with E-state index in [1.54, 1.807) is 25.7 Å². The van der Waals surface area contributed by atoms with Crippen molar-refractivity contribution in [2.75, 3.05) is 19.7 Å². The predicted molar refractivity (Wildman–Crippen MR) is 96.5 cm³/mol. The van der Waals surface area contributed by atoms with E-state index in [-0.39, 0.29) is 5.69 Å². The molecule has 0 spiro atoms. The lowest BCUT2D eigenvalue weighted by Gasteiger charge is -2.12. The molecule has 0 aliphatic rings. The number of ether oxygens (including phenoxy) is 2. The van der Waals surface area contributed by atoms with Crippen LogP contribution in [0.15, 0.2) is 55.0 Å². The van der Waals surface area contributed by atoms with Crippen LogP contribution in [0.4, 0.5) is 5.69 Å². The Hall–Kier alpha value is -3.32. The van der Waals surface area contributed by atoms with Crippen LogP contribution < -0.4 is 10.2 Å². The van der Waals surface area contributed by atoms with Crippen molar-refractivity contribution >= 4 is 11.7 Å². The van der Waals surface area contributed by atoms with Gasteiger partial charge in [0.2, 0.25) is 0 Å². The first-order valence-electron chi connectivity index (χ1n) is 7.92. The summed E-state index contributed by atoms with van der Waals surface area (Å²) in [5.74, 6) is 0.261. The monoisotopic (exact) mass is 353 g/mol. The summed E-state index contributed by atoms with van der Waals surface area (Å²) in [4.78, 5) is 15.6. The van der Waals surface area contributed by atoms with Crippen LogP contribution in [0.5, 0.6) is 5.75 Å². The number of carbonyl (C=O) groups is 1. The Labute approximate surface area is 150 Å². The van der Waals surface area contributed by atoms with Crippen LogP contribution in [0, 0.1) is 0 Å². The second-order valence-electron chi connectivity index (χ2n) is 5.65. The standard InChI is InChI=1S/C19H19N3O4/c1-25-18-7-6-13(10-22-11-17(20-12-22)19(23)26-2)8-16(18)14-4-3-5-15(9-14)21-24/h3-9,11-12,21,24H,10H2,1-2H3. The Morgan fingerprint density at radius 1 is 1.23 bits per heavy atom. The number of nitrogens with zero attached hydrogens (tertiary/aromatic N) is 2. The highest BCUT2D eigenvalue weighted by Gasteiger charge is 2.11. The van der Waals surface area contributed by atoms with Gasteiger partial charge in [-0.15, -0.1) is 0 Å². The Morgan fingerprint density at radius 2 is 2.08 bits per heavy atom. The molecule has 0 radical (unpaired) electrons. The molecule has 1 aromatic heterocycles. The van der Waals surface area contributed by atoms with Gasteiger partial charge in [0, 0.05) is 18.3 Å². The van der Waals surface area contributed by atoms with Gasteiger partial charge in [0.1, 0.15) is 5.75 Å². The van der Waals surface area contributed by atoms with Crippen molar-refractivity contribution in [1.82, 2.24) is 9.55 Å². The molecule has 0 aliphatic carbocycles. The Bertz CT molecular complexity index is 921. The molecule has 0 amide bonds. The summed E-state index contributed by atoms with van der Waals surface area (Å²) in [6.07, 6.45) is 3.23. The summed E-state index contributed by atoms with van der Waals surface area (Å²) in [7, 11) is 2.94. The molecule has 0 unspecified atom stereocenters. The van der Waals surface area contributed by atoms with Crippen LogP contribution in [0.25, 0.3) is 11.1 Å². The number of carbonyl (C=O) groups excluding carboxylic acids is 1. The largest absolute Gasteiger partial charge is 0.496 e. The maximum atomic E-state index is 11.5. The normalized spacial score (nSPS) is 10.4. The van der Waals surface area contributed by atoms with E-state index in [9.17, 15) is 4.79 Å². The third-order valence-electron chi connectivity index (χ3n) is 3.96. The molecule has 7 nitrogen and oxygen atoms in total. The smallest absolute Gasteiger partial charge is 0.358 e. The fraction of sp³-hybridized carbons (Fsp3) is 0.158. The van der Waals surface area contributed by atoms with E-state index >= 15 is 0 Å². The second kappa shape index (κ2) is 7.71. The van der Waals surface area contributed by atoms with Crippen molar-refractivity contribution in [3.8, 4) is 16.9 Å². The van der Waals surface area contributed by atoms with Crippen molar-refractivity contribution < 1.29 is 19.5 Å². The van der Waals surface area contributed by atoms with Gasteiger partial charge in [-0.25, -0.2) is 9.78 Å². The lowest BCUT2D eigenvalue weighted by atomic mass is 10.0. The second-order valence-corrected chi connectivity index (χ2v) is 5.65. The maximum absolute atomic E-state index is 11.5. The molecule has 0 bridgehead atoms. The number of nitrogens with one attached hydrogen (secondary N) is 1. The highest BCUT2D eigenvalue weighted by molar-refractivity contribution is 5.86. The summed E-state index contributed by atoms with van der Waals surface area (Å²) in [6, 6.07) is 13.2. The molecule has 2 aromatic carbocycles. The minimum Gasteiger partial charge on any atom is -0.496 e. The van der Waals surface area contributed by atoms with Crippen LogP contribution in [-0.4, -0.2) is 34.9 Å². The Kier molecular flexibility index (Phi) is 5.19. The van der Waals surface area contributed by atoms with Gasteiger partial charge in [0.15, 0.2) is 5.69 Å². The van der Waals surface area contributed by atoms with E-state index in [4.69, 9.17) is 9.94 Å². The first kappa shape index (κ1) is 17.5. The van der Waals surface area contributed by atoms with E-state index in [0.717, 1.165) is 22.4 Å². The minimum atomic E-state index is -0.465. The number of hydrogen-bond acceptors (Lipinski definition) is 6. The topological polar surface area (TPSA) is 85.6 Å². The number of rotatable bonds is 6. The Morgan fingerprint density at radius 3 is 2.81 bits per heavy atom. The van der Waals surface area contributed by atoms with Crippen molar-refractivity contribution in [3.63, 3.8) is 0 Å². The third-order valence-corrected chi connectivity index (χ3v) is 3.96. The molecule has 2 N–H and O–H groups in total. The fourth-order valence-corrected chi connectivity index (χ4v) is 2.70. The summed E-state index contributed by atoms with van der Waals surface area (Å²) in [6.45, 7) is 0.541. The summed E-state index contributed by atoms with van der Waals surface area (Å²) in [5.41, 5.74) is 5.82. The number of hydrogen-bond donors (Lipinski definition) is 2. The lowest BCUT2D eigenvalue weighted by Crippen LogP contribution is -2.02. The number of esters is 1. The maximum Gasteiger partial charge on any atom is 0.358 e. The number of imidazole rings is 1. The van der Waals surface area contributed by atoms with Gasteiger partial charge < -0.3 is 14.0 Å². The number of benzene rings is 2. The van der Waals surface area contributed by atoms with Gasteiger partial charge >= 0.3 is 5.97 Å². The van der Waals surface area contributed by atoms with Crippen LogP contribution in [0.1, 0.15) is 16.1 Å². The molecule has 26 heavy (non-hydrogen) atoms. The molecule has 3 rings (SSSR count). The number of aromatic nitrogens is 2. The SMILES string of the molecule is COC(=O)c1cn(Cc2ccc(OC)c(-c3cccc(NO)c3)c2)cn1. The molecule has 0 saturated carbocycles. The third kappa shape index (κ3) is 3.68. The minimum absolute atomic E-state index is 0.267. The van der Waals surface area contributed by atoms with Crippen LogP contribution in [0.2, 0.25) is 0 Å². The van der Waals surface area contributed by atoms with Crippen LogP contribution in [0.3, 0.4) is 0 Å². The highest BCUT2D eigenvalue weighted by Crippen LogP contribution is 2.32. The van der Waals surface area contributed by atoms with Gasteiger partial charge in [-0.3, -0.25) is 10.7 Å². The molecule has 0 atom stereocenters. The van der Waals surface area contributed by atoms with Gasteiger partial charge in [-0.05, 0) is 35.4 Å². The average molecular weight is 353 g/mol. The predicted octanol–water partition coefficient (Wildman–Crippen LogP) is 3.19. The summed E-state index contributed by atoms with van der Waals surface area (Å²) >= 11 is 0. The molecule has 134 valence electrons. The van der Waals surface area contributed by atoms with E-state index in [2.05, 4.69) is 15.2 Å². The van der Waals surface area contributed by atoms with Crippen molar-refractivity contribution in [2.24, 2.45) is 0 Å².